The fourth-order valence-corrected chi connectivity index (χ4v) is 6.96. The third kappa shape index (κ3) is 57.5. The third-order valence-corrected chi connectivity index (χ3v) is 11.2. The van der Waals surface area contributed by atoms with E-state index in [9.17, 15) is 14.4 Å². The minimum Gasteiger partial charge on any atom is -0.462 e. The van der Waals surface area contributed by atoms with Gasteiger partial charge < -0.3 is 14.2 Å². The summed E-state index contributed by atoms with van der Waals surface area (Å²) in [5, 5.41) is 0. The van der Waals surface area contributed by atoms with Gasteiger partial charge in [0.05, 0.1) is 0 Å². The maximum absolute atomic E-state index is 12.9. The van der Waals surface area contributed by atoms with Crippen LogP contribution < -0.4 is 0 Å². The molecule has 0 spiro atoms. The molecule has 0 fully saturated rings. The van der Waals surface area contributed by atoms with E-state index in [2.05, 4.69) is 191 Å². The lowest BCUT2D eigenvalue weighted by atomic mass is 10.1. The van der Waals surface area contributed by atoms with Crippen molar-refractivity contribution in [3.8, 4) is 0 Å². The van der Waals surface area contributed by atoms with Crippen LogP contribution in [0.1, 0.15) is 213 Å². The summed E-state index contributed by atoms with van der Waals surface area (Å²) in [6.07, 6.45) is 87.7. The van der Waals surface area contributed by atoms with E-state index >= 15 is 0 Å². The molecule has 0 bridgehead atoms. The van der Waals surface area contributed by atoms with Gasteiger partial charge in [-0.15, -0.1) is 0 Å². The Labute approximate surface area is 447 Å². The molecule has 0 aliphatic carbocycles. The lowest BCUT2D eigenvalue weighted by Gasteiger charge is -2.18. The Bertz CT molecular complexity index is 1720. The van der Waals surface area contributed by atoms with Crippen LogP contribution in [0, 0.1) is 0 Å². The van der Waals surface area contributed by atoms with Crippen molar-refractivity contribution < 1.29 is 28.6 Å². The van der Waals surface area contributed by atoms with E-state index < -0.39 is 6.10 Å². The highest BCUT2D eigenvalue weighted by Gasteiger charge is 2.19. The number of hydrogen-bond donors (Lipinski definition) is 0. The van der Waals surface area contributed by atoms with Gasteiger partial charge in [-0.1, -0.05) is 217 Å². The van der Waals surface area contributed by atoms with E-state index in [4.69, 9.17) is 14.2 Å². The molecule has 73 heavy (non-hydrogen) atoms. The molecule has 0 radical (unpaired) electrons. The molecule has 0 N–H and O–H groups in total. The van der Waals surface area contributed by atoms with Crippen LogP contribution in [0.2, 0.25) is 0 Å². The van der Waals surface area contributed by atoms with E-state index in [-0.39, 0.29) is 44.0 Å². The molecule has 0 saturated heterocycles. The first-order valence-electron chi connectivity index (χ1n) is 28.6. The van der Waals surface area contributed by atoms with Crippen molar-refractivity contribution in [3.05, 3.63) is 170 Å². The molecular weight excluding hydrogens is 901 g/mol. The summed E-state index contributed by atoms with van der Waals surface area (Å²) in [6.45, 7) is 6.26. The van der Waals surface area contributed by atoms with Gasteiger partial charge in [-0.05, 0) is 148 Å². The number of hydrogen-bond acceptors (Lipinski definition) is 6. The Hall–Kier alpha value is -5.23. The van der Waals surface area contributed by atoms with Gasteiger partial charge in [0, 0.05) is 19.3 Å². The molecule has 1 atom stereocenters. The number of unbranched alkanes of at least 4 members (excludes halogenated alkanes) is 10. The number of esters is 3. The molecule has 0 aromatic heterocycles. The zero-order chi connectivity index (χ0) is 52.9. The largest absolute Gasteiger partial charge is 0.462 e. The minimum atomic E-state index is -0.842. The molecule has 0 unspecified atom stereocenters. The Balaban J connectivity index is 4.64. The molecule has 6 heteroatoms. The number of allylic oxidation sites excluding steroid dienone is 28. The average molecular weight is 1000 g/mol. The highest BCUT2D eigenvalue weighted by atomic mass is 16.6. The van der Waals surface area contributed by atoms with Gasteiger partial charge in [-0.25, -0.2) is 0 Å². The molecular formula is C67H102O6. The predicted molar refractivity (Wildman–Crippen MR) is 315 cm³/mol. The number of carbonyl (C=O) groups excluding carboxylic acids is 3. The Morgan fingerprint density at radius 1 is 0.288 bits per heavy atom. The summed E-state index contributed by atoms with van der Waals surface area (Å²) in [6, 6.07) is 0. The van der Waals surface area contributed by atoms with Gasteiger partial charge in [0.2, 0.25) is 0 Å². The lowest BCUT2D eigenvalue weighted by Crippen LogP contribution is -2.30. The zero-order valence-electron chi connectivity index (χ0n) is 46.3. The molecule has 0 aliphatic heterocycles. The fraction of sp³-hybridized carbons (Fsp3) is 0.537. The molecule has 6 nitrogen and oxygen atoms in total. The summed E-state index contributed by atoms with van der Waals surface area (Å²) in [4.78, 5) is 38.2. The Morgan fingerprint density at radius 2 is 0.548 bits per heavy atom. The summed E-state index contributed by atoms with van der Waals surface area (Å²) >= 11 is 0. The quantitative estimate of drug-likeness (QED) is 0.0261. The second-order valence-corrected chi connectivity index (χ2v) is 18.1. The number of carbonyl (C=O) groups is 3. The van der Waals surface area contributed by atoms with E-state index in [1.807, 2.05) is 0 Å². The number of ether oxygens (including phenoxy) is 3. The number of rotatable bonds is 49. The molecule has 0 aromatic carbocycles. The smallest absolute Gasteiger partial charge is 0.306 e. The van der Waals surface area contributed by atoms with Gasteiger partial charge in [-0.3, -0.25) is 14.4 Å². The maximum atomic E-state index is 12.9. The molecule has 0 saturated carbocycles. The van der Waals surface area contributed by atoms with Crippen molar-refractivity contribution in [1.82, 2.24) is 0 Å². The highest BCUT2D eigenvalue weighted by Crippen LogP contribution is 2.11. The standard InChI is InChI=1S/C67H102O6/c1-4-7-10-13-16-19-22-25-28-31-33-36-39-42-45-48-51-54-57-60-66(69)72-63-64(62-71-65(68)59-56-53-50-47-44-41-38-35-30-27-24-21-18-15-12-9-6-3)73-67(70)61-58-55-52-49-46-43-40-37-34-32-29-26-23-20-17-14-11-8-5-2/h7-8,10-11,16-21,25-30,33-34,36-38,41-43,45-47,50,64H,4-6,9,12-15,22-24,31-32,35,39-40,44,48-49,51-63H2,1-3H3/b10-7-,11-8-,19-16-,20-17-,21-18-,28-25-,29-26-,30-27-,36-33-,37-34-,41-38-,45-42-,46-43-,50-47-/t64-/m1/s1. The van der Waals surface area contributed by atoms with E-state index in [1.54, 1.807) is 0 Å². The van der Waals surface area contributed by atoms with Gasteiger partial charge in [0.25, 0.3) is 0 Å². The lowest BCUT2D eigenvalue weighted by molar-refractivity contribution is -0.167. The van der Waals surface area contributed by atoms with Crippen molar-refractivity contribution in [3.63, 3.8) is 0 Å². The first-order chi connectivity index (χ1) is 36.0. The Kier molecular flexibility index (Phi) is 55.1. The van der Waals surface area contributed by atoms with Gasteiger partial charge in [0.15, 0.2) is 6.10 Å². The topological polar surface area (TPSA) is 78.9 Å². The maximum Gasteiger partial charge on any atom is 0.306 e. The van der Waals surface area contributed by atoms with Crippen molar-refractivity contribution in [2.75, 3.05) is 13.2 Å². The zero-order valence-corrected chi connectivity index (χ0v) is 46.3. The van der Waals surface area contributed by atoms with Crippen LogP contribution in [0.4, 0.5) is 0 Å². The average Bonchev–Trinajstić information content (AvgIpc) is 3.39. The van der Waals surface area contributed by atoms with Crippen LogP contribution in [0.25, 0.3) is 0 Å². The normalized spacial score (nSPS) is 13.4. The molecule has 0 aromatic rings. The summed E-state index contributed by atoms with van der Waals surface area (Å²) < 4.78 is 16.8. The first kappa shape index (κ1) is 67.8. The second kappa shape index (κ2) is 59.3. The van der Waals surface area contributed by atoms with Crippen LogP contribution in [-0.2, 0) is 28.6 Å². The van der Waals surface area contributed by atoms with Gasteiger partial charge >= 0.3 is 17.9 Å². The molecule has 406 valence electrons. The van der Waals surface area contributed by atoms with Crippen molar-refractivity contribution in [2.24, 2.45) is 0 Å². The van der Waals surface area contributed by atoms with Crippen LogP contribution in [0.15, 0.2) is 170 Å². The second-order valence-electron chi connectivity index (χ2n) is 18.1. The molecule has 0 aliphatic rings. The van der Waals surface area contributed by atoms with E-state index in [1.165, 1.54) is 25.7 Å². The molecule has 0 rings (SSSR count). The molecule has 0 heterocycles. The van der Waals surface area contributed by atoms with E-state index in [0.29, 0.717) is 19.3 Å². The van der Waals surface area contributed by atoms with E-state index in [0.717, 1.165) is 135 Å². The fourth-order valence-electron chi connectivity index (χ4n) is 6.96. The van der Waals surface area contributed by atoms with Gasteiger partial charge in [0.1, 0.15) is 13.2 Å². The Morgan fingerprint density at radius 3 is 0.863 bits per heavy atom. The first-order valence-corrected chi connectivity index (χ1v) is 28.6. The van der Waals surface area contributed by atoms with Crippen LogP contribution in [-0.4, -0.2) is 37.2 Å². The summed E-state index contributed by atoms with van der Waals surface area (Å²) in [5.41, 5.74) is 0. The monoisotopic (exact) mass is 1000 g/mol. The molecule has 0 amide bonds. The van der Waals surface area contributed by atoms with Crippen molar-refractivity contribution >= 4 is 17.9 Å². The summed E-state index contributed by atoms with van der Waals surface area (Å²) in [7, 11) is 0. The predicted octanol–water partition coefficient (Wildman–Crippen LogP) is 19.5. The summed E-state index contributed by atoms with van der Waals surface area (Å²) in [5.74, 6) is -1.07. The minimum absolute atomic E-state index is 0.135. The van der Waals surface area contributed by atoms with Gasteiger partial charge in [-0.2, -0.15) is 0 Å². The third-order valence-electron chi connectivity index (χ3n) is 11.2. The van der Waals surface area contributed by atoms with Crippen molar-refractivity contribution in [1.29, 1.82) is 0 Å². The SMILES string of the molecule is CC/C=C\C/C=C\C/C=C\C/C=C\C/C=C\CCCCCC(=O)OC[C@@H](COC(=O)CCC/C=C\C/C=C\C/C=C\C/C=C\CCCCC)OC(=O)CCCCC/C=C\C/C=C\C/C=C\C/C=C\C/C=C\CC. The van der Waals surface area contributed by atoms with Crippen LogP contribution >= 0.6 is 0 Å². The highest BCUT2D eigenvalue weighted by molar-refractivity contribution is 5.71. The van der Waals surface area contributed by atoms with Crippen LogP contribution in [0.3, 0.4) is 0 Å². The van der Waals surface area contributed by atoms with Crippen molar-refractivity contribution in [2.45, 2.75) is 219 Å². The van der Waals surface area contributed by atoms with Crippen LogP contribution in [0.5, 0.6) is 0 Å².